The number of hydrogen-bond donors (Lipinski definition) is 1. The first-order valence-electron chi connectivity index (χ1n) is 9.31. The molecule has 0 saturated carbocycles. The van der Waals surface area contributed by atoms with Gasteiger partial charge in [-0.1, -0.05) is 24.6 Å². The number of piperidine rings is 1. The van der Waals surface area contributed by atoms with Crippen molar-refractivity contribution in [1.82, 2.24) is 4.90 Å². The Morgan fingerprint density at radius 1 is 1.22 bits per heavy atom. The molecule has 2 heterocycles. The summed E-state index contributed by atoms with van der Waals surface area (Å²) in [7, 11) is 0. The molecule has 0 aliphatic carbocycles. The number of carbonyl (C=O) groups is 1. The molecule has 0 radical (unpaired) electrons. The Morgan fingerprint density at radius 3 is 2.70 bits per heavy atom. The predicted octanol–water partition coefficient (Wildman–Crippen LogP) is 4.44. The molecule has 0 bridgehead atoms. The third-order valence-electron chi connectivity index (χ3n) is 5.24. The Bertz CT molecular complexity index is 929. The van der Waals surface area contributed by atoms with Crippen LogP contribution in [0.5, 0.6) is 11.5 Å². The van der Waals surface area contributed by atoms with Crippen LogP contribution in [0.4, 0.5) is 4.39 Å². The Kier molecular flexibility index (Phi) is 4.70. The molecule has 0 unspecified atom stereocenters. The number of aryl methyl sites for hydroxylation is 1. The number of nitrogens with zero attached hydrogens (tertiary/aromatic N) is 1. The summed E-state index contributed by atoms with van der Waals surface area (Å²) < 4.78 is 19.8. The second kappa shape index (κ2) is 7.16. The summed E-state index contributed by atoms with van der Waals surface area (Å²) in [5.74, 6) is -0.0535. The second-order valence-corrected chi connectivity index (χ2v) is 7.19. The molecular formula is C22H22FNO3. The highest BCUT2D eigenvalue weighted by molar-refractivity contribution is 6.15. The molecule has 2 aliphatic rings. The van der Waals surface area contributed by atoms with E-state index in [9.17, 15) is 14.3 Å². The van der Waals surface area contributed by atoms with Crippen molar-refractivity contribution in [3.05, 3.63) is 64.2 Å². The van der Waals surface area contributed by atoms with Crippen molar-refractivity contribution in [3.63, 3.8) is 0 Å². The van der Waals surface area contributed by atoms with E-state index in [0.717, 1.165) is 25.9 Å². The maximum Gasteiger partial charge on any atom is 0.232 e. The number of fused-ring (bicyclic) bond motifs is 1. The van der Waals surface area contributed by atoms with Crippen LogP contribution in [0.1, 0.15) is 46.3 Å². The van der Waals surface area contributed by atoms with Crippen LogP contribution in [0.25, 0.3) is 6.08 Å². The minimum absolute atomic E-state index is 0.0868. The zero-order valence-electron chi connectivity index (χ0n) is 15.3. The molecule has 0 spiro atoms. The van der Waals surface area contributed by atoms with Crippen molar-refractivity contribution in [3.8, 4) is 11.5 Å². The molecule has 0 atom stereocenters. The van der Waals surface area contributed by atoms with Crippen LogP contribution in [0.2, 0.25) is 0 Å². The third kappa shape index (κ3) is 3.35. The fourth-order valence-corrected chi connectivity index (χ4v) is 3.81. The summed E-state index contributed by atoms with van der Waals surface area (Å²) in [6, 6.07) is 7.87. The number of Topliss-reactive ketones (excluding diaryl/α,β-unsaturated/α-hetero) is 1. The van der Waals surface area contributed by atoms with Gasteiger partial charge in [0.05, 0.1) is 11.1 Å². The van der Waals surface area contributed by atoms with E-state index in [2.05, 4.69) is 4.90 Å². The van der Waals surface area contributed by atoms with Gasteiger partial charge in [0.25, 0.3) is 0 Å². The monoisotopic (exact) mass is 367 g/mol. The lowest BCUT2D eigenvalue weighted by Gasteiger charge is -2.27. The van der Waals surface area contributed by atoms with Crippen LogP contribution >= 0.6 is 0 Å². The fraction of sp³-hybridized carbons (Fsp3) is 0.318. The minimum atomic E-state index is -0.412. The van der Waals surface area contributed by atoms with E-state index in [0.29, 0.717) is 34.5 Å². The Balaban J connectivity index is 1.72. The Labute approximate surface area is 157 Å². The number of benzene rings is 2. The summed E-state index contributed by atoms with van der Waals surface area (Å²) in [4.78, 5) is 15.1. The van der Waals surface area contributed by atoms with Crippen LogP contribution in [0.15, 0.2) is 36.1 Å². The number of ketones is 1. The quantitative estimate of drug-likeness (QED) is 0.815. The van der Waals surface area contributed by atoms with Gasteiger partial charge in [-0.05, 0) is 56.6 Å². The maximum atomic E-state index is 14.0. The van der Waals surface area contributed by atoms with Crippen molar-refractivity contribution in [2.24, 2.45) is 0 Å². The van der Waals surface area contributed by atoms with Crippen molar-refractivity contribution in [2.45, 2.75) is 32.7 Å². The van der Waals surface area contributed by atoms with Crippen molar-refractivity contribution >= 4 is 11.9 Å². The average molecular weight is 367 g/mol. The standard InChI is InChI=1S/C22H22FNO3/c1-14-11-18(25)16(13-24-9-5-2-6-10-24)22-20(14)21(26)19(27-22)12-15-7-3-4-8-17(15)23/h3-4,7-8,11-12,25H,2,5-6,9-10,13H2,1H3/b19-12-. The van der Waals surface area contributed by atoms with Gasteiger partial charge in [-0.3, -0.25) is 9.69 Å². The van der Waals surface area contributed by atoms with Gasteiger partial charge in [-0.25, -0.2) is 4.39 Å². The normalized spacial score (nSPS) is 18.6. The van der Waals surface area contributed by atoms with E-state index < -0.39 is 5.82 Å². The molecule has 0 aromatic heterocycles. The first kappa shape index (κ1) is 17.7. The fourth-order valence-electron chi connectivity index (χ4n) is 3.81. The number of likely N-dealkylation sites (tertiary alicyclic amines) is 1. The van der Waals surface area contributed by atoms with Crippen LogP contribution < -0.4 is 4.74 Å². The number of carbonyl (C=O) groups excluding carboxylic acids is 1. The smallest absolute Gasteiger partial charge is 0.232 e. The van der Waals surface area contributed by atoms with Gasteiger partial charge >= 0.3 is 0 Å². The maximum absolute atomic E-state index is 14.0. The molecule has 27 heavy (non-hydrogen) atoms. The van der Waals surface area contributed by atoms with Gasteiger partial charge in [0.1, 0.15) is 17.3 Å². The lowest BCUT2D eigenvalue weighted by Crippen LogP contribution is -2.29. The predicted molar refractivity (Wildman–Crippen MR) is 101 cm³/mol. The highest BCUT2D eigenvalue weighted by Crippen LogP contribution is 2.42. The Hall–Kier alpha value is -2.66. The van der Waals surface area contributed by atoms with Crippen LogP contribution in [-0.4, -0.2) is 28.9 Å². The summed E-state index contributed by atoms with van der Waals surface area (Å²) in [5, 5.41) is 10.5. The van der Waals surface area contributed by atoms with Gasteiger partial charge in [0.15, 0.2) is 5.76 Å². The molecule has 4 rings (SSSR count). The number of rotatable bonds is 3. The van der Waals surface area contributed by atoms with E-state index in [1.165, 1.54) is 18.6 Å². The molecular weight excluding hydrogens is 345 g/mol. The first-order valence-corrected chi connectivity index (χ1v) is 9.31. The van der Waals surface area contributed by atoms with Crippen LogP contribution in [-0.2, 0) is 6.54 Å². The van der Waals surface area contributed by atoms with E-state index >= 15 is 0 Å². The van der Waals surface area contributed by atoms with E-state index in [4.69, 9.17) is 4.74 Å². The largest absolute Gasteiger partial charge is 0.507 e. The number of phenolic OH excluding ortho intramolecular Hbond substituents is 1. The van der Waals surface area contributed by atoms with E-state index in [1.807, 2.05) is 0 Å². The first-order chi connectivity index (χ1) is 13.0. The number of halogens is 1. The minimum Gasteiger partial charge on any atom is -0.507 e. The van der Waals surface area contributed by atoms with Gasteiger partial charge in [0, 0.05) is 12.1 Å². The summed E-state index contributed by atoms with van der Waals surface area (Å²) in [6.45, 7) is 4.24. The second-order valence-electron chi connectivity index (χ2n) is 7.19. The summed E-state index contributed by atoms with van der Waals surface area (Å²) in [5.41, 5.74) is 2.05. The lowest BCUT2D eigenvalue weighted by molar-refractivity contribution is 0.101. The van der Waals surface area contributed by atoms with Gasteiger partial charge < -0.3 is 9.84 Å². The zero-order chi connectivity index (χ0) is 19.0. The molecule has 2 aliphatic heterocycles. The summed E-state index contributed by atoms with van der Waals surface area (Å²) >= 11 is 0. The molecule has 4 nitrogen and oxygen atoms in total. The zero-order valence-corrected chi connectivity index (χ0v) is 15.3. The lowest BCUT2D eigenvalue weighted by atomic mass is 9.98. The van der Waals surface area contributed by atoms with Crippen LogP contribution in [0, 0.1) is 12.7 Å². The third-order valence-corrected chi connectivity index (χ3v) is 5.24. The van der Waals surface area contributed by atoms with Gasteiger partial charge in [-0.2, -0.15) is 0 Å². The number of phenols is 1. The molecule has 140 valence electrons. The molecule has 1 saturated heterocycles. The molecule has 1 fully saturated rings. The van der Waals surface area contributed by atoms with Gasteiger partial charge in [0.2, 0.25) is 5.78 Å². The number of aromatic hydroxyl groups is 1. The number of ether oxygens (including phenoxy) is 1. The average Bonchev–Trinajstić information content (AvgIpc) is 2.98. The molecule has 1 N–H and O–H groups in total. The topological polar surface area (TPSA) is 49.8 Å². The number of hydrogen-bond acceptors (Lipinski definition) is 4. The van der Waals surface area contributed by atoms with E-state index in [1.54, 1.807) is 31.2 Å². The molecule has 2 aromatic rings. The summed E-state index contributed by atoms with van der Waals surface area (Å²) in [6.07, 6.45) is 4.91. The highest BCUT2D eigenvalue weighted by atomic mass is 19.1. The van der Waals surface area contributed by atoms with Crippen molar-refractivity contribution in [2.75, 3.05) is 13.1 Å². The molecule has 0 amide bonds. The Morgan fingerprint density at radius 2 is 1.96 bits per heavy atom. The highest BCUT2D eigenvalue weighted by Gasteiger charge is 2.34. The number of allylic oxidation sites excluding steroid dienone is 1. The molecule has 5 heteroatoms. The SMILES string of the molecule is Cc1cc(O)c(CN2CCCCC2)c2c1C(=O)/C(=C/c1ccccc1F)O2. The van der Waals surface area contributed by atoms with Crippen molar-refractivity contribution in [1.29, 1.82) is 0 Å². The van der Waals surface area contributed by atoms with Crippen LogP contribution in [0.3, 0.4) is 0 Å². The van der Waals surface area contributed by atoms with E-state index in [-0.39, 0.29) is 17.3 Å². The van der Waals surface area contributed by atoms with Crippen molar-refractivity contribution < 1.29 is 19.0 Å². The molecule has 2 aromatic carbocycles. The van der Waals surface area contributed by atoms with Gasteiger partial charge in [-0.15, -0.1) is 0 Å².